The number of rotatable bonds is 3. The van der Waals surface area contributed by atoms with E-state index in [2.05, 4.69) is 9.68 Å². The third-order valence-corrected chi connectivity index (χ3v) is 3.51. The van der Waals surface area contributed by atoms with Crippen molar-refractivity contribution in [2.45, 2.75) is 11.8 Å². The summed E-state index contributed by atoms with van der Waals surface area (Å²) < 4.78 is 40.8. The van der Waals surface area contributed by atoms with Crippen molar-refractivity contribution in [1.82, 2.24) is 5.16 Å². The van der Waals surface area contributed by atoms with Gasteiger partial charge in [-0.1, -0.05) is 11.2 Å². The molecule has 0 saturated heterocycles. The number of nitrogens with zero attached hydrogens (tertiary/aromatic N) is 1. The third kappa shape index (κ3) is 2.40. The maximum absolute atomic E-state index is 11.1. The molecule has 0 bridgehead atoms. The van der Waals surface area contributed by atoms with Gasteiger partial charge in [0.1, 0.15) is 16.3 Å². The summed E-state index contributed by atoms with van der Waals surface area (Å²) in [6, 6.07) is 4.00. The average molecular weight is 285 g/mol. The smallest absolute Gasteiger partial charge is 0.312 e. The van der Waals surface area contributed by atoms with Gasteiger partial charge in [-0.2, -0.15) is 8.42 Å². The molecule has 7 nitrogen and oxygen atoms in total. The molecule has 0 unspecified atom stereocenters. The predicted octanol–water partition coefficient (Wildman–Crippen LogP) is 1.61. The summed E-state index contributed by atoms with van der Waals surface area (Å²) in [5.41, 5.74) is 1.27. The first-order valence-corrected chi connectivity index (χ1v) is 6.59. The van der Waals surface area contributed by atoms with E-state index < -0.39 is 10.1 Å². The maximum Gasteiger partial charge on any atom is 0.312 e. The zero-order chi connectivity index (χ0) is 14.2. The number of ether oxygens (including phenoxy) is 1. The SMILES string of the molecule is COc1cc(-c2noc(O)c2C)ccc1S(=O)(=O)O. The number of aromatic nitrogens is 1. The van der Waals surface area contributed by atoms with Crippen LogP contribution in [0.2, 0.25) is 0 Å². The van der Waals surface area contributed by atoms with E-state index in [1.54, 1.807) is 6.92 Å². The van der Waals surface area contributed by atoms with E-state index >= 15 is 0 Å². The third-order valence-electron chi connectivity index (χ3n) is 2.61. The summed E-state index contributed by atoms with van der Waals surface area (Å²) in [6.45, 7) is 1.60. The summed E-state index contributed by atoms with van der Waals surface area (Å²) in [6.07, 6.45) is 0. The average Bonchev–Trinajstić information content (AvgIpc) is 2.68. The van der Waals surface area contributed by atoms with Gasteiger partial charge in [0.25, 0.3) is 10.1 Å². The molecule has 1 heterocycles. The molecule has 0 aliphatic rings. The minimum atomic E-state index is -4.37. The minimum Gasteiger partial charge on any atom is -0.495 e. The van der Waals surface area contributed by atoms with Crippen LogP contribution in [0.1, 0.15) is 5.56 Å². The van der Waals surface area contributed by atoms with Crippen molar-refractivity contribution in [3.05, 3.63) is 23.8 Å². The lowest BCUT2D eigenvalue weighted by molar-refractivity contribution is 0.277. The van der Waals surface area contributed by atoms with Crippen LogP contribution in [0.3, 0.4) is 0 Å². The first-order chi connectivity index (χ1) is 8.84. The summed E-state index contributed by atoms with van der Waals surface area (Å²) in [5.74, 6) is -0.338. The molecule has 2 rings (SSSR count). The molecule has 1 aromatic carbocycles. The number of hydrogen-bond acceptors (Lipinski definition) is 6. The van der Waals surface area contributed by atoms with Gasteiger partial charge in [-0.3, -0.25) is 4.55 Å². The van der Waals surface area contributed by atoms with Crippen molar-refractivity contribution in [2.24, 2.45) is 0 Å². The highest BCUT2D eigenvalue weighted by Gasteiger charge is 2.19. The standard InChI is InChI=1S/C11H11NO6S/c1-6-10(12-18-11(6)13)7-3-4-9(19(14,15)16)8(5-7)17-2/h3-5,13H,1-2H3,(H,14,15,16). The Morgan fingerprint density at radius 3 is 2.53 bits per heavy atom. The minimum absolute atomic E-state index is 0.0260. The largest absolute Gasteiger partial charge is 0.495 e. The van der Waals surface area contributed by atoms with Crippen LogP contribution in [0.15, 0.2) is 27.6 Å². The van der Waals surface area contributed by atoms with E-state index in [-0.39, 0.29) is 16.6 Å². The number of benzene rings is 1. The van der Waals surface area contributed by atoms with E-state index in [1.807, 2.05) is 0 Å². The molecule has 0 radical (unpaired) electrons. The van der Waals surface area contributed by atoms with Crippen molar-refractivity contribution >= 4 is 10.1 Å². The Hall–Kier alpha value is -2.06. The molecule has 2 aromatic rings. The van der Waals surface area contributed by atoms with Gasteiger partial charge in [0.2, 0.25) is 0 Å². The fourth-order valence-corrected chi connectivity index (χ4v) is 2.26. The number of aromatic hydroxyl groups is 1. The topological polar surface area (TPSA) is 110 Å². The molecule has 0 fully saturated rings. The van der Waals surface area contributed by atoms with Crippen LogP contribution in [0, 0.1) is 6.92 Å². The number of methoxy groups -OCH3 is 1. The van der Waals surface area contributed by atoms with Gasteiger partial charge in [0.05, 0.1) is 12.7 Å². The van der Waals surface area contributed by atoms with E-state index in [4.69, 9.17) is 9.29 Å². The fourth-order valence-electron chi connectivity index (χ4n) is 1.62. The van der Waals surface area contributed by atoms with Crippen LogP contribution in [0.4, 0.5) is 0 Å². The summed E-state index contributed by atoms with van der Waals surface area (Å²) in [5, 5.41) is 13.0. The first kappa shape index (κ1) is 13.4. The molecule has 1 aromatic heterocycles. The lowest BCUT2D eigenvalue weighted by Crippen LogP contribution is -2.01. The van der Waals surface area contributed by atoms with Crippen molar-refractivity contribution in [2.75, 3.05) is 7.11 Å². The molecule has 0 amide bonds. The lowest BCUT2D eigenvalue weighted by atomic mass is 10.1. The van der Waals surface area contributed by atoms with Crippen LogP contribution in [0.5, 0.6) is 11.7 Å². The molecule has 0 atom stereocenters. The normalized spacial score (nSPS) is 11.5. The summed E-state index contributed by atoms with van der Waals surface area (Å²) in [7, 11) is -3.09. The van der Waals surface area contributed by atoms with Crippen LogP contribution >= 0.6 is 0 Å². The molecule has 0 aliphatic heterocycles. The second-order valence-corrected chi connectivity index (χ2v) is 5.19. The predicted molar refractivity (Wildman–Crippen MR) is 64.7 cm³/mol. The van der Waals surface area contributed by atoms with E-state index in [0.717, 1.165) is 0 Å². The monoisotopic (exact) mass is 285 g/mol. The Kier molecular flexibility index (Phi) is 3.21. The van der Waals surface area contributed by atoms with Crippen LogP contribution in [-0.2, 0) is 10.1 Å². The highest BCUT2D eigenvalue weighted by Crippen LogP contribution is 2.33. The zero-order valence-corrected chi connectivity index (χ0v) is 10.9. The Morgan fingerprint density at radius 2 is 2.05 bits per heavy atom. The second kappa shape index (κ2) is 4.56. The lowest BCUT2D eigenvalue weighted by Gasteiger charge is -2.07. The van der Waals surface area contributed by atoms with E-state index in [0.29, 0.717) is 16.8 Å². The summed E-state index contributed by atoms with van der Waals surface area (Å²) >= 11 is 0. The van der Waals surface area contributed by atoms with Gasteiger partial charge in [-0.25, -0.2) is 0 Å². The molecular formula is C11H11NO6S. The quantitative estimate of drug-likeness (QED) is 0.824. The van der Waals surface area contributed by atoms with Gasteiger partial charge in [-0.15, -0.1) is 0 Å². The van der Waals surface area contributed by atoms with Gasteiger partial charge in [0.15, 0.2) is 0 Å². The zero-order valence-electron chi connectivity index (χ0n) is 10.1. The molecule has 2 N–H and O–H groups in total. The number of hydrogen-bond donors (Lipinski definition) is 2. The fraction of sp³-hybridized carbons (Fsp3) is 0.182. The molecule has 0 aliphatic carbocycles. The Balaban J connectivity index is 2.60. The van der Waals surface area contributed by atoms with Crippen molar-refractivity contribution in [3.63, 3.8) is 0 Å². The van der Waals surface area contributed by atoms with Crippen LogP contribution < -0.4 is 4.74 Å². The molecule has 0 spiro atoms. The van der Waals surface area contributed by atoms with Crippen molar-refractivity contribution in [3.8, 4) is 23.0 Å². The highest BCUT2D eigenvalue weighted by atomic mass is 32.2. The van der Waals surface area contributed by atoms with Gasteiger partial charge in [0, 0.05) is 5.56 Å². The van der Waals surface area contributed by atoms with Gasteiger partial charge < -0.3 is 14.4 Å². The second-order valence-electron chi connectivity index (χ2n) is 3.80. The van der Waals surface area contributed by atoms with Crippen molar-refractivity contribution < 1.29 is 27.3 Å². The summed E-state index contributed by atoms with van der Waals surface area (Å²) in [4.78, 5) is -0.343. The molecule has 102 valence electrons. The van der Waals surface area contributed by atoms with Crippen molar-refractivity contribution in [1.29, 1.82) is 0 Å². The van der Waals surface area contributed by atoms with Crippen LogP contribution in [-0.4, -0.2) is 30.3 Å². The molecule has 8 heteroatoms. The Bertz CT molecular complexity index is 719. The Labute approximate surface area is 109 Å². The van der Waals surface area contributed by atoms with E-state index in [1.165, 1.54) is 25.3 Å². The Morgan fingerprint density at radius 1 is 1.37 bits per heavy atom. The van der Waals surface area contributed by atoms with Gasteiger partial charge >= 0.3 is 5.95 Å². The maximum atomic E-state index is 11.1. The first-order valence-electron chi connectivity index (χ1n) is 5.15. The van der Waals surface area contributed by atoms with Gasteiger partial charge in [-0.05, 0) is 19.1 Å². The van der Waals surface area contributed by atoms with E-state index in [9.17, 15) is 13.5 Å². The molecule has 0 saturated carbocycles. The molecular weight excluding hydrogens is 274 g/mol. The van der Waals surface area contributed by atoms with Crippen LogP contribution in [0.25, 0.3) is 11.3 Å². The highest BCUT2D eigenvalue weighted by molar-refractivity contribution is 7.86. The molecule has 19 heavy (non-hydrogen) atoms.